The third-order valence-corrected chi connectivity index (χ3v) is 8.28. The number of nitro benzene ring substituents is 1. The summed E-state index contributed by atoms with van der Waals surface area (Å²) >= 11 is 1.19. The molecule has 1 aliphatic heterocycles. The van der Waals surface area contributed by atoms with Gasteiger partial charge in [0.15, 0.2) is 4.80 Å². The van der Waals surface area contributed by atoms with Crippen molar-refractivity contribution >= 4 is 29.0 Å². The molecule has 0 N–H and O–H groups in total. The number of hydrogen-bond acceptors (Lipinski definition) is 9. The summed E-state index contributed by atoms with van der Waals surface area (Å²) in [4.78, 5) is 45.4. The van der Waals surface area contributed by atoms with Gasteiger partial charge >= 0.3 is 0 Å². The Hall–Kier alpha value is -4.97. The predicted molar refractivity (Wildman–Crippen MR) is 162 cm³/mol. The van der Waals surface area contributed by atoms with E-state index in [1.807, 2.05) is 32.0 Å². The first-order valence-electron chi connectivity index (χ1n) is 13.6. The molecule has 222 valence electrons. The Morgan fingerprint density at radius 1 is 1.12 bits per heavy atom. The number of benzene rings is 2. The van der Waals surface area contributed by atoms with E-state index in [2.05, 4.69) is 0 Å². The van der Waals surface area contributed by atoms with Crippen LogP contribution in [-0.2, 0) is 4.79 Å². The molecule has 0 aliphatic carbocycles. The fraction of sp³-hybridized carbons (Fsp3) is 0.258. The van der Waals surface area contributed by atoms with E-state index in [0.29, 0.717) is 62.1 Å². The first kappa shape index (κ1) is 29.5. The van der Waals surface area contributed by atoms with Crippen molar-refractivity contribution in [2.75, 3.05) is 27.3 Å². The number of methoxy groups -OCH3 is 2. The van der Waals surface area contributed by atoms with Crippen LogP contribution in [0.1, 0.15) is 38.1 Å². The normalized spacial score (nSPS) is 14.7. The van der Waals surface area contributed by atoms with Crippen LogP contribution < -0.4 is 24.4 Å². The third-order valence-electron chi connectivity index (χ3n) is 7.30. The Balaban J connectivity index is 1.65. The molecule has 11 nitrogen and oxygen atoms in total. The number of non-ortho nitro benzene ring substituents is 1. The lowest BCUT2D eigenvalue weighted by Gasteiger charge is -2.29. The van der Waals surface area contributed by atoms with Crippen LogP contribution in [0.25, 0.3) is 17.4 Å². The van der Waals surface area contributed by atoms with E-state index in [4.69, 9.17) is 18.9 Å². The number of amides is 1. The van der Waals surface area contributed by atoms with E-state index < -0.39 is 11.0 Å². The van der Waals surface area contributed by atoms with E-state index in [0.717, 1.165) is 0 Å². The zero-order valence-electron chi connectivity index (χ0n) is 24.3. The number of nitrogens with zero attached hydrogens (tertiary/aromatic N) is 4. The van der Waals surface area contributed by atoms with Gasteiger partial charge in [-0.3, -0.25) is 24.3 Å². The van der Waals surface area contributed by atoms with Crippen LogP contribution in [-0.4, -0.2) is 47.6 Å². The Labute approximate surface area is 250 Å². The van der Waals surface area contributed by atoms with E-state index in [9.17, 15) is 19.7 Å². The first-order valence-corrected chi connectivity index (χ1v) is 14.4. The lowest BCUT2D eigenvalue weighted by atomic mass is 9.94. The molecule has 0 saturated heterocycles. The minimum atomic E-state index is -0.751. The monoisotopic (exact) mass is 602 g/mol. The maximum atomic E-state index is 14.0. The standard InChI is InChI=1S/C31H30N4O7S/c1-6-33(7-2)30(37)27-18(3)32-31-34(28(27)22-10-8-9-11-23(22)40-4)29(36)26(43-31)17-20-13-15-24(42-20)21-14-12-19(35(38)39)16-25(21)41-5/h8-17,28H,6-7H2,1-5H3/b26-17+/t28-/m0/s1. The van der Waals surface area contributed by atoms with E-state index in [1.54, 1.807) is 53.8 Å². The number of para-hydroxylation sites is 1. The van der Waals surface area contributed by atoms with Crippen molar-refractivity contribution in [1.82, 2.24) is 9.47 Å². The summed E-state index contributed by atoms with van der Waals surface area (Å²) in [6, 6.07) is 14.2. The Morgan fingerprint density at radius 3 is 2.51 bits per heavy atom. The van der Waals surface area contributed by atoms with Gasteiger partial charge in [-0.2, -0.15) is 0 Å². The number of hydrogen-bond donors (Lipinski definition) is 0. The Morgan fingerprint density at radius 2 is 1.84 bits per heavy atom. The second-order valence-corrected chi connectivity index (χ2v) is 10.7. The lowest BCUT2D eigenvalue weighted by Crippen LogP contribution is -2.43. The summed E-state index contributed by atoms with van der Waals surface area (Å²) in [6.45, 7) is 6.63. The van der Waals surface area contributed by atoms with Crippen LogP contribution in [0.2, 0.25) is 0 Å². The van der Waals surface area contributed by atoms with Crippen LogP contribution in [0.15, 0.2) is 80.1 Å². The molecule has 3 heterocycles. The maximum absolute atomic E-state index is 14.0. The average molecular weight is 603 g/mol. The number of thiazole rings is 1. The van der Waals surface area contributed by atoms with Crippen molar-refractivity contribution in [3.63, 3.8) is 0 Å². The molecular weight excluding hydrogens is 572 g/mol. The van der Waals surface area contributed by atoms with Crippen molar-refractivity contribution in [2.24, 2.45) is 4.99 Å². The van der Waals surface area contributed by atoms with Crippen molar-refractivity contribution < 1.29 is 23.6 Å². The molecule has 0 unspecified atom stereocenters. The number of likely N-dealkylation sites (N-methyl/N-ethyl adjacent to an activating group) is 1. The van der Waals surface area contributed by atoms with Gasteiger partial charge in [0.2, 0.25) is 0 Å². The van der Waals surface area contributed by atoms with Gasteiger partial charge in [0, 0.05) is 30.8 Å². The molecule has 1 amide bonds. The zero-order chi connectivity index (χ0) is 30.8. The van der Waals surface area contributed by atoms with Gasteiger partial charge in [-0.25, -0.2) is 4.99 Å². The molecule has 0 spiro atoms. The smallest absolute Gasteiger partial charge is 0.273 e. The summed E-state index contributed by atoms with van der Waals surface area (Å²) < 4.78 is 18.9. The summed E-state index contributed by atoms with van der Waals surface area (Å²) in [7, 11) is 2.98. The highest BCUT2D eigenvalue weighted by Gasteiger charge is 2.35. The predicted octanol–water partition coefficient (Wildman–Crippen LogP) is 4.29. The van der Waals surface area contributed by atoms with Crippen molar-refractivity contribution in [3.05, 3.63) is 107 Å². The van der Waals surface area contributed by atoms with Gasteiger partial charge in [0.1, 0.15) is 29.1 Å². The van der Waals surface area contributed by atoms with Gasteiger partial charge in [-0.15, -0.1) is 0 Å². The number of carbonyl (C=O) groups is 1. The fourth-order valence-electron chi connectivity index (χ4n) is 5.16. The summed E-state index contributed by atoms with van der Waals surface area (Å²) in [5.74, 6) is 1.45. The van der Waals surface area contributed by atoms with Crippen LogP contribution in [0.3, 0.4) is 0 Å². The minimum Gasteiger partial charge on any atom is -0.496 e. The van der Waals surface area contributed by atoms with Crippen LogP contribution >= 0.6 is 11.3 Å². The molecule has 43 heavy (non-hydrogen) atoms. The Kier molecular flexibility index (Phi) is 8.31. The number of fused-ring (bicyclic) bond motifs is 1. The summed E-state index contributed by atoms with van der Waals surface area (Å²) in [5, 5.41) is 11.2. The molecule has 1 atom stereocenters. The van der Waals surface area contributed by atoms with Gasteiger partial charge in [-0.1, -0.05) is 29.5 Å². The van der Waals surface area contributed by atoms with Gasteiger partial charge in [0.25, 0.3) is 17.2 Å². The molecule has 1 aliphatic rings. The lowest BCUT2D eigenvalue weighted by molar-refractivity contribution is -0.384. The molecule has 12 heteroatoms. The van der Waals surface area contributed by atoms with Crippen molar-refractivity contribution in [3.8, 4) is 22.8 Å². The molecule has 0 saturated carbocycles. The molecule has 2 aromatic carbocycles. The van der Waals surface area contributed by atoms with E-state index in [-0.39, 0.29) is 22.9 Å². The van der Waals surface area contributed by atoms with E-state index >= 15 is 0 Å². The largest absolute Gasteiger partial charge is 0.496 e. The molecule has 0 fully saturated rings. The van der Waals surface area contributed by atoms with Crippen LogP contribution in [0, 0.1) is 10.1 Å². The fourth-order valence-corrected chi connectivity index (χ4v) is 6.19. The third kappa shape index (κ3) is 5.37. The van der Waals surface area contributed by atoms with Crippen LogP contribution in [0.4, 0.5) is 5.69 Å². The molecule has 0 bridgehead atoms. The summed E-state index contributed by atoms with van der Waals surface area (Å²) in [5.41, 5.74) is 1.72. The second-order valence-electron chi connectivity index (χ2n) is 9.64. The maximum Gasteiger partial charge on any atom is 0.273 e. The molecule has 5 rings (SSSR count). The highest BCUT2D eigenvalue weighted by atomic mass is 32.1. The topological polar surface area (TPSA) is 129 Å². The molecular formula is C31H30N4O7S. The molecule has 2 aromatic heterocycles. The number of rotatable bonds is 9. The quantitative estimate of drug-likeness (QED) is 0.206. The minimum absolute atomic E-state index is 0.104. The second kappa shape index (κ2) is 12.1. The van der Waals surface area contributed by atoms with Crippen LogP contribution in [0.5, 0.6) is 11.5 Å². The average Bonchev–Trinajstić information content (AvgIpc) is 3.60. The number of nitro groups is 1. The van der Waals surface area contributed by atoms with Crippen molar-refractivity contribution in [1.29, 1.82) is 0 Å². The number of ether oxygens (including phenoxy) is 2. The highest BCUT2D eigenvalue weighted by Crippen LogP contribution is 2.36. The number of allylic oxidation sites excluding steroid dienone is 1. The number of carbonyl (C=O) groups excluding carboxylic acids is 1. The summed E-state index contributed by atoms with van der Waals surface area (Å²) in [6.07, 6.45) is 1.62. The molecule has 4 aromatic rings. The number of furan rings is 1. The molecule has 0 radical (unpaired) electrons. The van der Waals surface area contributed by atoms with Gasteiger partial charge in [0.05, 0.1) is 46.6 Å². The van der Waals surface area contributed by atoms with Crippen molar-refractivity contribution in [2.45, 2.75) is 26.8 Å². The van der Waals surface area contributed by atoms with Gasteiger partial charge in [-0.05, 0) is 45.0 Å². The Bertz CT molecular complexity index is 1930. The zero-order valence-corrected chi connectivity index (χ0v) is 25.1. The van der Waals surface area contributed by atoms with E-state index in [1.165, 1.54) is 30.6 Å². The highest BCUT2D eigenvalue weighted by molar-refractivity contribution is 7.07. The number of aromatic nitrogens is 1. The SMILES string of the molecule is CCN(CC)C(=O)C1=C(C)N=c2s/c(=C/c3ccc(-c4ccc([N+](=O)[O-])cc4OC)o3)c(=O)n2[C@H]1c1ccccc1OC. The first-order chi connectivity index (χ1) is 20.7. The van der Waals surface area contributed by atoms with Gasteiger partial charge < -0.3 is 18.8 Å².